The summed E-state index contributed by atoms with van der Waals surface area (Å²) in [5, 5.41) is 5.05. The maximum absolute atomic E-state index is 13.0. The quantitative estimate of drug-likeness (QED) is 0.869. The summed E-state index contributed by atoms with van der Waals surface area (Å²) in [5.41, 5.74) is 1.10. The molecule has 20 heavy (non-hydrogen) atoms. The molecule has 0 radical (unpaired) electrons. The molecule has 2 N–H and O–H groups in total. The first-order chi connectivity index (χ1) is 9.56. The molecule has 3 nitrogen and oxygen atoms in total. The van der Waals surface area contributed by atoms with Gasteiger partial charge >= 0.3 is 6.03 Å². The number of hydrogen-bond donors (Lipinski definition) is 2. The van der Waals surface area contributed by atoms with Gasteiger partial charge in [0.25, 0.3) is 0 Å². The van der Waals surface area contributed by atoms with Crippen LogP contribution in [0.5, 0.6) is 0 Å². The third-order valence-electron chi connectivity index (χ3n) is 2.57. The van der Waals surface area contributed by atoms with Crippen molar-refractivity contribution in [3.63, 3.8) is 0 Å². The monoisotopic (exact) mass is 340 g/mol. The zero-order valence-corrected chi connectivity index (χ0v) is 11.9. The molecule has 2 aromatic rings. The molecule has 0 spiro atoms. The molecule has 2 aromatic carbocycles. The summed E-state index contributed by atoms with van der Waals surface area (Å²) in [4.78, 5) is 11.6. The molecular formula is C14H11BrF2N2O. The summed E-state index contributed by atoms with van der Waals surface area (Å²) in [6, 6.07) is 10.1. The molecule has 0 aliphatic heterocycles. The molecule has 0 bridgehead atoms. The van der Waals surface area contributed by atoms with Crippen molar-refractivity contribution in [2.75, 3.05) is 5.32 Å². The third kappa shape index (κ3) is 3.77. The highest BCUT2D eigenvalue weighted by Crippen LogP contribution is 2.16. The molecule has 0 aromatic heterocycles. The van der Waals surface area contributed by atoms with Gasteiger partial charge in [0.1, 0.15) is 0 Å². The number of amides is 2. The van der Waals surface area contributed by atoms with Gasteiger partial charge in [0.15, 0.2) is 11.6 Å². The van der Waals surface area contributed by atoms with Gasteiger partial charge in [-0.15, -0.1) is 0 Å². The van der Waals surface area contributed by atoms with Crippen LogP contribution in [0.4, 0.5) is 19.3 Å². The summed E-state index contributed by atoms with van der Waals surface area (Å²) in [7, 11) is 0. The summed E-state index contributed by atoms with van der Waals surface area (Å²) in [5.74, 6) is -1.96. The minimum atomic E-state index is -1.01. The second-order valence-electron chi connectivity index (χ2n) is 4.03. The van der Waals surface area contributed by atoms with Gasteiger partial charge in [-0.25, -0.2) is 13.6 Å². The van der Waals surface area contributed by atoms with Crippen LogP contribution in [0.2, 0.25) is 0 Å². The van der Waals surface area contributed by atoms with Crippen LogP contribution in [0.1, 0.15) is 5.56 Å². The van der Waals surface area contributed by atoms with Gasteiger partial charge in [0, 0.05) is 22.8 Å². The van der Waals surface area contributed by atoms with Crippen molar-refractivity contribution in [3.8, 4) is 0 Å². The number of nitrogens with one attached hydrogen (secondary N) is 2. The normalized spacial score (nSPS) is 10.2. The Kier molecular flexibility index (Phi) is 4.68. The molecule has 0 unspecified atom stereocenters. The van der Waals surface area contributed by atoms with Crippen molar-refractivity contribution in [1.29, 1.82) is 0 Å². The van der Waals surface area contributed by atoms with E-state index in [1.807, 2.05) is 24.3 Å². The predicted molar refractivity (Wildman–Crippen MR) is 76.4 cm³/mol. The maximum Gasteiger partial charge on any atom is 0.319 e. The number of halogens is 3. The van der Waals surface area contributed by atoms with Crippen molar-refractivity contribution in [3.05, 3.63) is 64.1 Å². The number of carbonyl (C=O) groups excluding carboxylic acids is 1. The van der Waals surface area contributed by atoms with Gasteiger partial charge < -0.3 is 10.6 Å². The Hall–Kier alpha value is -1.95. The largest absolute Gasteiger partial charge is 0.334 e. The fourth-order valence-corrected chi connectivity index (χ4v) is 1.99. The summed E-state index contributed by atoms with van der Waals surface area (Å²) in [6.45, 7) is 0.316. The Morgan fingerprint density at radius 3 is 2.55 bits per heavy atom. The van der Waals surface area contributed by atoms with Gasteiger partial charge in [-0.1, -0.05) is 34.1 Å². The zero-order valence-electron chi connectivity index (χ0n) is 10.3. The van der Waals surface area contributed by atoms with Crippen LogP contribution in [0.15, 0.2) is 46.9 Å². The van der Waals surface area contributed by atoms with Crippen LogP contribution in [0, 0.1) is 11.6 Å². The SMILES string of the molecule is O=C(NCc1ccccc1Br)Nc1ccc(F)c(F)c1. The average molecular weight is 341 g/mol. The molecule has 0 saturated carbocycles. The standard InChI is InChI=1S/C14H11BrF2N2O/c15-11-4-2-1-3-9(11)8-18-14(20)19-10-5-6-12(16)13(17)7-10/h1-7H,8H2,(H2,18,19,20). The molecule has 0 heterocycles. The summed E-state index contributed by atoms with van der Waals surface area (Å²) in [6.07, 6.45) is 0. The molecule has 0 fully saturated rings. The van der Waals surface area contributed by atoms with Crippen molar-refractivity contribution in [2.45, 2.75) is 6.54 Å². The van der Waals surface area contributed by atoms with Gasteiger partial charge in [-0.05, 0) is 23.8 Å². The van der Waals surface area contributed by atoms with Crippen LogP contribution in [-0.4, -0.2) is 6.03 Å². The third-order valence-corrected chi connectivity index (χ3v) is 3.35. The van der Waals surface area contributed by atoms with Gasteiger partial charge in [-0.3, -0.25) is 0 Å². The van der Waals surface area contributed by atoms with E-state index in [-0.39, 0.29) is 5.69 Å². The van der Waals surface area contributed by atoms with Crippen molar-refractivity contribution < 1.29 is 13.6 Å². The van der Waals surface area contributed by atoms with E-state index in [1.165, 1.54) is 6.07 Å². The van der Waals surface area contributed by atoms with E-state index in [4.69, 9.17) is 0 Å². The molecule has 0 aliphatic carbocycles. The first-order valence-corrected chi connectivity index (χ1v) is 6.59. The van der Waals surface area contributed by atoms with Gasteiger partial charge in [-0.2, -0.15) is 0 Å². The molecule has 6 heteroatoms. The number of urea groups is 1. The van der Waals surface area contributed by atoms with Gasteiger partial charge in [0.2, 0.25) is 0 Å². The van der Waals surface area contributed by atoms with Crippen LogP contribution in [0.25, 0.3) is 0 Å². The molecule has 0 atom stereocenters. The number of carbonyl (C=O) groups is 1. The Labute approximate surface area is 123 Å². The van der Waals surface area contributed by atoms with E-state index >= 15 is 0 Å². The van der Waals surface area contributed by atoms with Crippen LogP contribution in [0.3, 0.4) is 0 Å². The maximum atomic E-state index is 13.0. The molecular weight excluding hydrogens is 330 g/mol. The van der Waals surface area contributed by atoms with Gasteiger partial charge in [0.05, 0.1) is 0 Å². The molecule has 0 saturated heterocycles. The van der Waals surface area contributed by atoms with E-state index < -0.39 is 17.7 Å². The predicted octanol–water partition coefficient (Wildman–Crippen LogP) is 4.05. The Balaban J connectivity index is 1.93. The second-order valence-corrected chi connectivity index (χ2v) is 4.88. The van der Waals surface area contributed by atoms with Crippen LogP contribution < -0.4 is 10.6 Å². The Bertz CT molecular complexity index is 634. The summed E-state index contributed by atoms with van der Waals surface area (Å²) >= 11 is 3.37. The zero-order chi connectivity index (χ0) is 14.5. The number of benzene rings is 2. The highest BCUT2D eigenvalue weighted by atomic mass is 79.9. The number of rotatable bonds is 3. The first kappa shape index (κ1) is 14.5. The lowest BCUT2D eigenvalue weighted by Gasteiger charge is -2.09. The first-order valence-electron chi connectivity index (χ1n) is 5.79. The van der Waals surface area contributed by atoms with E-state index in [0.717, 1.165) is 22.2 Å². The van der Waals surface area contributed by atoms with Crippen LogP contribution in [-0.2, 0) is 6.54 Å². The highest BCUT2D eigenvalue weighted by Gasteiger charge is 2.06. The Morgan fingerprint density at radius 2 is 1.85 bits per heavy atom. The van der Waals surface area contributed by atoms with E-state index in [1.54, 1.807) is 0 Å². The molecule has 2 amide bonds. The minimum absolute atomic E-state index is 0.188. The highest BCUT2D eigenvalue weighted by molar-refractivity contribution is 9.10. The second kappa shape index (κ2) is 6.47. The van der Waals surface area contributed by atoms with E-state index in [2.05, 4.69) is 26.6 Å². The molecule has 2 rings (SSSR count). The number of anilines is 1. The van der Waals surface area contributed by atoms with Crippen molar-refractivity contribution in [2.24, 2.45) is 0 Å². The average Bonchev–Trinajstić information content (AvgIpc) is 2.42. The Morgan fingerprint density at radius 1 is 1.10 bits per heavy atom. The van der Waals surface area contributed by atoms with Crippen molar-refractivity contribution >= 4 is 27.6 Å². The smallest absolute Gasteiger partial charge is 0.319 e. The summed E-state index contributed by atoms with van der Waals surface area (Å²) < 4.78 is 26.6. The van der Waals surface area contributed by atoms with E-state index in [9.17, 15) is 13.6 Å². The lowest BCUT2D eigenvalue weighted by molar-refractivity contribution is 0.251. The number of hydrogen-bond acceptors (Lipinski definition) is 1. The minimum Gasteiger partial charge on any atom is -0.334 e. The molecule has 104 valence electrons. The fraction of sp³-hybridized carbons (Fsp3) is 0.0714. The fourth-order valence-electron chi connectivity index (χ4n) is 1.57. The van der Waals surface area contributed by atoms with Crippen LogP contribution >= 0.6 is 15.9 Å². The molecule has 0 aliphatic rings. The lowest BCUT2D eigenvalue weighted by Crippen LogP contribution is -2.28. The lowest BCUT2D eigenvalue weighted by atomic mass is 10.2. The topological polar surface area (TPSA) is 41.1 Å². The van der Waals surface area contributed by atoms with E-state index in [0.29, 0.717) is 6.54 Å². The van der Waals surface area contributed by atoms with Crippen molar-refractivity contribution in [1.82, 2.24) is 5.32 Å².